The maximum absolute atomic E-state index is 12.8. The Balaban J connectivity index is 3.99. The lowest BCUT2D eigenvalue weighted by molar-refractivity contribution is -0.167. The molecule has 0 radical (unpaired) electrons. The number of hydrogen-bond acceptors (Lipinski definition) is 6. The maximum Gasteiger partial charge on any atom is 0.306 e. The number of rotatable bonds is 57. The lowest BCUT2D eigenvalue weighted by atomic mass is 10.0. The first-order valence-electron chi connectivity index (χ1n) is 31.3. The molecule has 0 aromatic heterocycles. The first-order chi connectivity index (χ1) is 35.5. The van der Waals surface area contributed by atoms with Crippen LogP contribution in [0.2, 0.25) is 0 Å². The van der Waals surface area contributed by atoms with E-state index in [1.165, 1.54) is 193 Å². The molecule has 0 bridgehead atoms. The van der Waals surface area contributed by atoms with Crippen LogP contribution in [-0.2, 0) is 28.6 Å². The number of carbonyl (C=O) groups is 3. The highest BCUT2D eigenvalue weighted by Gasteiger charge is 2.19. The molecule has 1 unspecified atom stereocenters. The van der Waals surface area contributed by atoms with E-state index >= 15 is 0 Å². The Morgan fingerprint density at radius 2 is 0.542 bits per heavy atom. The van der Waals surface area contributed by atoms with Gasteiger partial charge in [-0.1, -0.05) is 281 Å². The van der Waals surface area contributed by atoms with E-state index in [9.17, 15) is 14.4 Å². The van der Waals surface area contributed by atoms with Crippen molar-refractivity contribution in [3.63, 3.8) is 0 Å². The maximum atomic E-state index is 12.8. The molecule has 0 aliphatic rings. The lowest BCUT2D eigenvalue weighted by Crippen LogP contribution is -2.30. The monoisotopic (exact) mass is 1010 g/mol. The molecular formula is C66H118O6. The zero-order chi connectivity index (χ0) is 52.2. The van der Waals surface area contributed by atoms with Gasteiger partial charge in [0.1, 0.15) is 13.2 Å². The Labute approximate surface area is 447 Å². The van der Waals surface area contributed by atoms with Gasteiger partial charge in [0, 0.05) is 19.3 Å². The van der Waals surface area contributed by atoms with Crippen LogP contribution in [0.3, 0.4) is 0 Å². The molecule has 1 atom stereocenters. The summed E-state index contributed by atoms with van der Waals surface area (Å²) < 4.78 is 16.8. The molecule has 0 N–H and O–H groups in total. The SMILES string of the molecule is CC/C=C\C/C=C\C/C=C\C/C=C\CCCCCCCCCCCCCCCCCCCCCCC(=O)OCC(COC(=O)CCCCCCCCCCC)OC(=O)CCCCCCC/C=C\CCCCC. The summed E-state index contributed by atoms with van der Waals surface area (Å²) in [7, 11) is 0. The van der Waals surface area contributed by atoms with Crippen molar-refractivity contribution in [2.75, 3.05) is 13.2 Å². The van der Waals surface area contributed by atoms with Crippen LogP contribution in [0.15, 0.2) is 60.8 Å². The van der Waals surface area contributed by atoms with Gasteiger partial charge in [-0.2, -0.15) is 0 Å². The zero-order valence-corrected chi connectivity index (χ0v) is 47.9. The largest absolute Gasteiger partial charge is 0.462 e. The molecule has 0 fully saturated rings. The third-order valence-electron chi connectivity index (χ3n) is 13.8. The van der Waals surface area contributed by atoms with E-state index in [0.29, 0.717) is 19.3 Å². The van der Waals surface area contributed by atoms with Crippen molar-refractivity contribution >= 4 is 17.9 Å². The van der Waals surface area contributed by atoms with Gasteiger partial charge in [-0.05, 0) is 83.5 Å². The van der Waals surface area contributed by atoms with Crippen molar-refractivity contribution in [1.82, 2.24) is 0 Å². The van der Waals surface area contributed by atoms with E-state index < -0.39 is 6.10 Å². The van der Waals surface area contributed by atoms with Gasteiger partial charge in [0.25, 0.3) is 0 Å². The summed E-state index contributed by atoms with van der Waals surface area (Å²) in [6, 6.07) is 0. The highest BCUT2D eigenvalue weighted by molar-refractivity contribution is 5.71. The van der Waals surface area contributed by atoms with Crippen molar-refractivity contribution in [3.8, 4) is 0 Å². The van der Waals surface area contributed by atoms with Crippen molar-refractivity contribution in [1.29, 1.82) is 0 Å². The Hall–Kier alpha value is -2.89. The van der Waals surface area contributed by atoms with Crippen molar-refractivity contribution in [2.24, 2.45) is 0 Å². The van der Waals surface area contributed by atoms with Crippen LogP contribution in [0.5, 0.6) is 0 Å². The molecule has 0 spiro atoms. The minimum absolute atomic E-state index is 0.0723. The van der Waals surface area contributed by atoms with Gasteiger partial charge in [0.2, 0.25) is 0 Å². The number of allylic oxidation sites excluding steroid dienone is 10. The van der Waals surface area contributed by atoms with Crippen molar-refractivity contribution in [2.45, 2.75) is 329 Å². The van der Waals surface area contributed by atoms with Crippen LogP contribution >= 0.6 is 0 Å². The van der Waals surface area contributed by atoms with Crippen LogP contribution in [0, 0.1) is 0 Å². The molecule has 72 heavy (non-hydrogen) atoms. The molecule has 6 heteroatoms. The van der Waals surface area contributed by atoms with E-state index in [1.807, 2.05) is 0 Å². The molecule has 0 aliphatic carbocycles. The summed E-state index contributed by atoms with van der Waals surface area (Å²) in [5.74, 6) is -0.870. The van der Waals surface area contributed by atoms with Gasteiger partial charge in [-0.25, -0.2) is 0 Å². The molecule has 0 rings (SSSR count). The first kappa shape index (κ1) is 69.1. The summed E-state index contributed by atoms with van der Waals surface area (Å²) in [5.41, 5.74) is 0. The van der Waals surface area contributed by atoms with Crippen LogP contribution in [0.4, 0.5) is 0 Å². The van der Waals surface area contributed by atoms with E-state index in [-0.39, 0.29) is 31.1 Å². The van der Waals surface area contributed by atoms with Crippen LogP contribution in [0.1, 0.15) is 323 Å². The molecule has 0 aromatic carbocycles. The van der Waals surface area contributed by atoms with Crippen LogP contribution < -0.4 is 0 Å². The predicted molar refractivity (Wildman–Crippen MR) is 312 cm³/mol. The van der Waals surface area contributed by atoms with Gasteiger partial charge < -0.3 is 14.2 Å². The van der Waals surface area contributed by atoms with Crippen molar-refractivity contribution in [3.05, 3.63) is 60.8 Å². The quantitative estimate of drug-likeness (QED) is 0.0261. The van der Waals surface area contributed by atoms with Crippen LogP contribution in [0.25, 0.3) is 0 Å². The molecule has 0 saturated carbocycles. The number of carbonyl (C=O) groups excluding carboxylic acids is 3. The summed E-state index contributed by atoms with van der Waals surface area (Å²) in [5, 5.41) is 0. The summed E-state index contributed by atoms with van der Waals surface area (Å²) >= 11 is 0. The fourth-order valence-corrected chi connectivity index (χ4v) is 9.08. The highest BCUT2D eigenvalue weighted by atomic mass is 16.6. The van der Waals surface area contributed by atoms with Gasteiger partial charge in [0.15, 0.2) is 6.10 Å². The Kier molecular flexibility index (Phi) is 58.2. The van der Waals surface area contributed by atoms with E-state index in [4.69, 9.17) is 14.2 Å². The van der Waals surface area contributed by atoms with E-state index in [2.05, 4.69) is 81.5 Å². The summed E-state index contributed by atoms with van der Waals surface area (Å²) in [6.45, 7) is 6.51. The summed E-state index contributed by atoms with van der Waals surface area (Å²) in [6.07, 6.45) is 76.9. The number of unbranched alkanes of at least 4 members (excludes halogenated alkanes) is 36. The van der Waals surface area contributed by atoms with E-state index in [1.54, 1.807) is 0 Å². The Bertz CT molecular complexity index is 1290. The minimum Gasteiger partial charge on any atom is -0.462 e. The average Bonchev–Trinajstić information content (AvgIpc) is 3.38. The number of hydrogen-bond donors (Lipinski definition) is 0. The van der Waals surface area contributed by atoms with Crippen LogP contribution in [-0.4, -0.2) is 37.2 Å². The molecule has 0 aromatic rings. The molecule has 418 valence electrons. The normalized spacial score (nSPS) is 12.4. The third-order valence-corrected chi connectivity index (χ3v) is 13.8. The fraction of sp³-hybridized carbons (Fsp3) is 0.803. The molecule has 0 saturated heterocycles. The zero-order valence-electron chi connectivity index (χ0n) is 47.9. The lowest BCUT2D eigenvalue weighted by Gasteiger charge is -2.18. The summed E-state index contributed by atoms with van der Waals surface area (Å²) in [4.78, 5) is 38.0. The predicted octanol–water partition coefficient (Wildman–Crippen LogP) is 21.2. The fourth-order valence-electron chi connectivity index (χ4n) is 9.08. The average molecular weight is 1010 g/mol. The standard InChI is InChI=1S/C66H118O6/c1-4-7-10-13-16-19-21-23-24-25-26-27-28-29-30-31-32-33-34-35-36-37-38-39-40-41-42-43-45-47-50-53-56-59-65(68)71-62-63(61-70-64(67)58-55-52-49-46-18-15-12-9-6-3)72-66(69)60-57-54-51-48-44-22-20-17-14-11-8-5-2/h7,10,16-17,19-20,23-24,26-27,63H,4-6,8-9,11-15,18,21-22,25,28-62H2,1-3H3/b10-7-,19-16-,20-17-,24-23-,27-26-. The second kappa shape index (κ2) is 60.7. The molecule has 0 heterocycles. The minimum atomic E-state index is -0.772. The molecule has 0 amide bonds. The smallest absolute Gasteiger partial charge is 0.306 e. The molecular weight excluding hydrogens is 889 g/mol. The molecule has 0 aliphatic heterocycles. The van der Waals surface area contributed by atoms with E-state index in [0.717, 1.165) is 89.9 Å². The topological polar surface area (TPSA) is 78.9 Å². The Morgan fingerprint density at radius 1 is 0.292 bits per heavy atom. The highest BCUT2D eigenvalue weighted by Crippen LogP contribution is 2.17. The first-order valence-corrected chi connectivity index (χ1v) is 31.3. The van der Waals surface area contributed by atoms with Crippen molar-refractivity contribution < 1.29 is 28.6 Å². The molecule has 6 nitrogen and oxygen atoms in total. The van der Waals surface area contributed by atoms with Gasteiger partial charge in [0.05, 0.1) is 0 Å². The number of ether oxygens (including phenoxy) is 3. The Morgan fingerprint density at radius 3 is 0.889 bits per heavy atom. The second-order valence-corrected chi connectivity index (χ2v) is 20.9. The second-order valence-electron chi connectivity index (χ2n) is 20.9. The van der Waals surface area contributed by atoms with Gasteiger partial charge >= 0.3 is 17.9 Å². The third kappa shape index (κ3) is 58.0. The van der Waals surface area contributed by atoms with Gasteiger partial charge in [-0.15, -0.1) is 0 Å². The number of esters is 3. The van der Waals surface area contributed by atoms with Gasteiger partial charge in [-0.3, -0.25) is 14.4 Å².